The zero-order chi connectivity index (χ0) is 20.4. The summed E-state index contributed by atoms with van der Waals surface area (Å²) < 4.78 is 32.8. The zero-order valence-corrected chi connectivity index (χ0v) is 19.0. The van der Waals surface area contributed by atoms with E-state index in [0.717, 1.165) is 44.4 Å². The van der Waals surface area contributed by atoms with Gasteiger partial charge in [-0.2, -0.15) is 0 Å². The van der Waals surface area contributed by atoms with E-state index in [4.69, 9.17) is 13.8 Å². The number of fused-ring (bicyclic) bond motifs is 4. The van der Waals surface area contributed by atoms with Crippen LogP contribution in [0.2, 0.25) is 0 Å². The van der Waals surface area contributed by atoms with E-state index in [-0.39, 0.29) is 11.5 Å². The van der Waals surface area contributed by atoms with Gasteiger partial charge in [0, 0.05) is 18.0 Å². The summed E-state index contributed by atoms with van der Waals surface area (Å²) in [6.45, 7) is 9.85. The van der Waals surface area contributed by atoms with Crippen LogP contribution in [0.1, 0.15) is 64.5 Å². The van der Waals surface area contributed by atoms with E-state index in [0.29, 0.717) is 19.1 Å². The van der Waals surface area contributed by atoms with Gasteiger partial charge < -0.3 is 4.74 Å². The van der Waals surface area contributed by atoms with Gasteiger partial charge in [0.05, 0.1) is 20.3 Å². The van der Waals surface area contributed by atoms with E-state index in [2.05, 4.69) is 30.7 Å². The lowest BCUT2D eigenvalue weighted by atomic mass is 9.55. The van der Waals surface area contributed by atoms with Gasteiger partial charge in [0.25, 0.3) is 0 Å². The molecule has 1 heterocycles. The van der Waals surface area contributed by atoms with Crippen molar-refractivity contribution in [3.8, 4) is 5.75 Å². The molecule has 2 bridgehead atoms. The number of nitrogens with zero attached hydrogens (tertiary/aromatic N) is 1. The van der Waals surface area contributed by atoms with Crippen LogP contribution < -0.4 is 4.74 Å². The van der Waals surface area contributed by atoms with E-state index in [9.17, 15) is 4.57 Å². The summed E-state index contributed by atoms with van der Waals surface area (Å²) >= 11 is 0. The Bertz CT molecular complexity index is 714. The van der Waals surface area contributed by atoms with Crippen LogP contribution in [0.5, 0.6) is 5.75 Å². The van der Waals surface area contributed by atoms with Crippen LogP contribution in [0.3, 0.4) is 0 Å². The van der Waals surface area contributed by atoms with Crippen LogP contribution in [0.4, 0.5) is 0 Å². The van der Waals surface area contributed by atoms with Crippen molar-refractivity contribution in [2.24, 2.45) is 5.92 Å². The summed E-state index contributed by atoms with van der Waals surface area (Å²) in [5.41, 5.74) is 2.89. The summed E-state index contributed by atoms with van der Waals surface area (Å²) in [5, 5.41) is 0. The van der Waals surface area contributed by atoms with Crippen LogP contribution in [0.25, 0.3) is 0 Å². The minimum absolute atomic E-state index is 0.0998. The second-order valence-electron chi connectivity index (χ2n) is 7.92. The predicted octanol–water partition coefficient (Wildman–Crippen LogP) is 5.57. The Balaban J connectivity index is 2.10. The molecule has 5 nitrogen and oxygen atoms in total. The van der Waals surface area contributed by atoms with E-state index in [1.807, 2.05) is 19.9 Å². The predicted molar refractivity (Wildman–Crippen MR) is 113 cm³/mol. The lowest BCUT2D eigenvalue weighted by molar-refractivity contribution is 0.0283. The van der Waals surface area contributed by atoms with E-state index >= 15 is 0 Å². The molecule has 0 saturated carbocycles. The maximum Gasteiger partial charge on any atom is 0.408 e. The van der Waals surface area contributed by atoms with Crippen molar-refractivity contribution in [3.05, 3.63) is 29.3 Å². The molecule has 1 saturated heterocycles. The Morgan fingerprint density at radius 2 is 1.89 bits per heavy atom. The fourth-order valence-electron chi connectivity index (χ4n) is 5.60. The third-order valence-electron chi connectivity index (χ3n) is 6.76. The molecule has 158 valence electrons. The molecule has 0 aromatic heterocycles. The molecule has 1 aliphatic heterocycles. The van der Waals surface area contributed by atoms with Crippen LogP contribution >= 0.6 is 7.75 Å². The third kappa shape index (κ3) is 3.56. The van der Waals surface area contributed by atoms with Crippen molar-refractivity contribution < 1.29 is 18.3 Å². The number of ether oxygens (including phenoxy) is 1. The van der Waals surface area contributed by atoms with Gasteiger partial charge in [-0.05, 0) is 68.7 Å². The van der Waals surface area contributed by atoms with E-state index in [1.165, 1.54) is 11.1 Å². The fourth-order valence-corrected chi connectivity index (χ4v) is 7.57. The van der Waals surface area contributed by atoms with Crippen molar-refractivity contribution in [2.75, 3.05) is 26.9 Å². The van der Waals surface area contributed by atoms with Gasteiger partial charge in [-0.3, -0.25) is 9.05 Å². The molecule has 0 spiro atoms. The van der Waals surface area contributed by atoms with Crippen LogP contribution in [0, 0.1) is 5.92 Å². The maximum atomic E-state index is 13.7. The molecule has 1 aromatic carbocycles. The molecule has 1 aliphatic carbocycles. The third-order valence-corrected chi connectivity index (χ3v) is 9.05. The highest BCUT2D eigenvalue weighted by atomic mass is 31.2. The van der Waals surface area contributed by atoms with Crippen molar-refractivity contribution in [1.82, 2.24) is 4.67 Å². The monoisotopic (exact) mass is 409 g/mol. The summed E-state index contributed by atoms with van der Waals surface area (Å²) in [5.74, 6) is 1.36. The lowest BCUT2D eigenvalue weighted by Gasteiger charge is -2.57. The molecular formula is C22H36NO4P. The lowest BCUT2D eigenvalue weighted by Crippen LogP contribution is -2.58. The first-order chi connectivity index (χ1) is 13.5. The molecule has 2 aliphatic rings. The van der Waals surface area contributed by atoms with Gasteiger partial charge in [0.1, 0.15) is 5.75 Å². The van der Waals surface area contributed by atoms with Gasteiger partial charge in [-0.1, -0.05) is 26.3 Å². The first-order valence-corrected chi connectivity index (χ1v) is 12.3. The smallest absolute Gasteiger partial charge is 0.408 e. The Kier molecular flexibility index (Phi) is 6.92. The van der Waals surface area contributed by atoms with Crippen LogP contribution in [-0.4, -0.2) is 37.6 Å². The first kappa shape index (κ1) is 21.8. The van der Waals surface area contributed by atoms with E-state index < -0.39 is 7.75 Å². The van der Waals surface area contributed by atoms with Gasteiger partial charge >= 0.3 is 7.75 Å². The van der Waals surface area contributed by atoms with Gasteiger partial charge in [0.2, 0.25) is 0 Å². The number of rotatable bonds is 9. The van der Waals surface area contributed by atoms with Gasteiger partial charge in [-0.15, -0.1) is 0 Å². The highest BCUT2D eigenvalue weighted by Crippen LogP contribution is 2.62. The Morgan fingerprint density at radius 3 is 2.46 bits per heavy atom. The first-order valence-electron chi connectivity index (χ1n) is 10.8. The van der Waals surface area contributed by atoms with Gasteiger partial charge in [0.15, 0.2) is 0 Å². The Morgan fingerprint density at radius 1 is 1.18 bits per heavy atom. The molecule has 6 heteroatoms. The molecule has 0 radical (unpaired) electrons. The summed E-state index contributed by atoms with van der Waals surface area (Å²) in [7, 11) is -1.55. The zero-order valence-electron chi connectivity index (χ0n) is 18.1. The van der Waals surface area contributed by atoms with Crippen molar-refractivity contribution in [2.45, 2.75) is 71.3 Å². The molecule has 3 atom stereocenters. The quantitative estimate of drug-likeness (QED) is 0.499. The average molecular weight is 410 g/mol. The molecule has 0 amide bonds. The summed E-state index contributed by atoms with van der Waals surface area (Å²) in [6.07, 6.45) is 5.16. The molecule has 28 heavy (non-hydrogen) atoms. The number of piperidine rings is 1. The maximum absolute atomic E-state index is 13.7. The molecule has 1 aromatic rings. The molecular weight excluding hydrogens is 373 g/mol. The normalized spacial score (nSPS) is 27.5. The fraction of sp³-hybridized carbons (Fsp3) is 0.727. The number of hydrogen-bond donors (Lipinski definition) is 0. The average Bonchev–Trinajstić information content (AvgIpc) is 2.69. The van der Waals surface area contributed by atoms with Crippen LogP contribution in [-0.2, 0) is 25.4 Å². The second kappa shape index (κ2) is 8.87. The molecule has 1 fully saturated rings. The summed E-state index contributed by atoms with van der Waals surface area (Å²) in [6, 6.07) is 6.67. The largest absolute Gasteiger partial charge is 0.497 e. The van der Waals surface area contributed by atoms with E-state index in [1.54, 1.807) is 7.11 Å². The minimum Gasteiger partial charge on any atom is -0.497 e. The SMILES string of the molecule is CCCC1C2Cc3ccc(OC)cc3C1(CC)CCN2P(=O)(OCC)OCC. The molecule has 3 unspecified atom stereocenters. The second-order valence-corrected chi connectivity index (χ2v) is 9.88. The summed E-state index contributed by atoms with van der Waals surface area (Å²) in [4.78, 5) is 0. The Labute approximate surface area is 170 Å². The van der Waals surface area contributed by atoms with Crippen LogP contribution in [0.15, 0.2) is 18.2 Å². The van der Waals surface area contributed by atoms with Gasteiger partial charge in [-0.25, -0.2) is 9.24 Å². The van der Waals surface area contributed by atoms with Crippen molar-refractivity contribution in [1.29, 1.82) is 0 Å². The highest BCUT2D eigenvalue weighted by molar-refractivity contribution is 7.51. The Hall–Kier alpha value is -0.870. The molecule has 0 N–H and O–H groups in total. The topological polar surface area (TPSA) is 48.0 Å². The standard InChI is InChI=1S/C22H36NO4P/c1-6-10-19-21-15-17-11-12-18(25-5)16-20(17)22(19,7-2)13-14-23(21)28(24,26-8-3)27-9-4/h11-12,16,19,21H,6-10,13-15H2,1-5H3. The highest BCUT2D eigenvalue weighted by Gasteiger charge is 2.56. The molecule has 3 rings (SSSR count). The van der Waals surface area contributed by atoms with Crippen molar-refractivity contribution >= 4 is 7.75 Å². The number of methoxy groups -OCH3 is 1. The number of hydrogen-bond acceptors (Lipinski definition) is 4. The number of benzene rings is 1. The minimum atomic E-state index is -3.28. The van der Waals surface area contributed by atoms with Crippen molar-refractivity contribution in [3.63, 3.8) is 0 Å².